The van der Waals surface area contributed by atoms with Crippen molar-refractivity contribution < 1.29 is 29.3 Å². The van der Waals surface area contributed by atoms with Gasteiger partial charge < -0.3 is 19.7 Å². The summed E-state index contributed by atoms with van der Waals surface area (Å²) >= 11 is 0. The molecule has 3 rings (SSSR count). The van der Waals surface area contributed by atoms with Gasteiger partial charge in [0.2, 0.25) is 0 Å². The van der Waals surface area contributed by atoms with Gasteiger partial charge in [-0.3, -0.25) is 0 Å². The minimum atomic E-state index is -0.706. The van der Waals surface area contributed by atoms with Gasteiger partial charge in [0.15, 0.2) is 0 Å². The van der Waals surface area contributed by atoms with Crippen LogP contribution in [0.4, 0.5) is 0 Å². The molecule has 0 aromatic heterocycles. The molecule has 0 radical (unpaired) electrons. The van der Waals surface area contributed by atoms with Crippen molar-refractivity contribution in [3.8, 4) is 0 Å². The number of hydrogen-bond donors (Lipinski definition) is 2. The van der Waals surface area contributed by atoms with E-state index in [1.165, 1.54) is 0 Å². The molecule has 156 valence electrons. The van der Waals surface area contributed by atoms with Gasteiger partial charge in [-0.25, -0.2) is 9.59 Å². The van der Waals surface area contributed by atoms with Crippen LogP contribution < -0.4 is 0 Å². The lowest BCUT2D eigenvalue weighted by molar-refractivity contribution is -0.197. The van der Waals surface area contributed by atoms with Gasteiger partial charge in [0.25, 0.3) is 0 Å². The van der Waals surface area contributed by atoms with E-state index in [4.69, 9.17) is 9.47 Å². The van der Waals surface area contributed by atoms with E-state index < -0.39 is 35.0 Å². The molecule has 3 aliphatic carbocycles. The van der Waals surface area contributed by atoms with Crippen LogP contribution in [0.15, 0.2) is 24.3 Å². The van der Waals surface area contributed by atoms with Crippen molar-refractivity contribution in [3.05, 3.63) is 24.3 Å². The smallest absolute Gasteiger partial charge is 0.333 e. The Balaban J connectivity index is 2.02. The van der Waals surface area contributed by atoms with Gasteiger partial charge in [-0.15, -0.1) is 0 Å². The van der Waals surface area contributed by atoms with E-state index in [9.17, 15) is 19.8 Å². The predicted molar refractivity (Wildman–Crippen MR) is 103 cm³/mol. The molecule has 0 spiro atoms. The number of carbonyl (C=O) groups is 2. The Labute approximate surface area is 166 Å². The van der Waals surface area contributed by atoms with Crippen molar-refractivity contribution in [3.63, 3.8) is 0 Å². The van der Waals surface area contributed by atoms with Crippen LogP contribution in [0.1, 0.15) is 52.4 Å². The van der Waals surface area contributed by atoms with Gasteiger partial charge >= 0.3 is 11.9 Å². The molecule has 6 unspecified atom stereocenters. The van der Waals surface area contributed by atoms with E-state index in [0.29, 0.717) is 5.92 Å². The molecule has 28 heavy (non-hydrogen) atoms. The van der Waals surface area contributed by atoms with Crippen molar-refractivity contribution in [2.45, 2.75) is 64.6 Å². The summed E-state index contributed by atoms with van der Waals surface area (Å²) in [5.41, 5.74) is -0.444. The molecule has 6 heteroatoms. The molecular formula is C22H32O6. The summed E-state index contributed by atoms with van der Waals surface area (Å²) in [7, 11) is 0. The van der Waals surface area contributed by atoms with Crippen LogP contribution in [0, 0.1) is 22.7 Å². The second kappa shape index (κ2) is 7.64. The molecule has 0 heterocycles. The minimum absolute atomic E-state index is 0.284. The van der Waals surface area contributed by atoms with Gasteiger partial charge in [0.05, 0.1) is 13.2 Å². The third kappa shape index (κ3) is 2.92. The van der Waals surface area contributed by atoms with Gasteiger partial charge in [-0.2, -0.15) is 0 Å². The minimum Gasteiger partial charge on any atom is -0.456 e. The summed E-state index contributed by atoms with van der Waals surface area (Å²) in [4.78, 5) is 24.6. The van der Waals surface area contributed by atoms with Crippen molar-refractivity contribution in [1.82, 2.24) is 0 Å². The fraction of sp³-hybridized carbons (Fsp3) is 0.727. The summed E-state index contributed by atoms with van der Waals surface area (Å²) in [6.07, 6.45) is 3.94. The van der Waals surface area contributed by atoms with E-state index in [0.717, 1.165) is 38.5 Å². The zero-order chi connectivity index (χ0) is 20.7. The monoisotopic (exact) mass is 392 g/mol. The molecule has 3 saturated carbocycles. The Morgan fingerprint density at radius 2 is 1.57 bits per heavy atom. The Kier molecular flexibility index (Phi) is 5.74. The van der Waals surface area contributed by atoms with E-state index in [1.54, 1.807) is 13.8 Å². The maximum Gasteiger partial charge on any atom is 0.333 e. The molecule has 3 aliphatic rings. The van der Waals surface area contributed by atoms with Crippen molar-refractivity contribution in [2.24, 2.45) is 22.7 Å². The fourth-order valence-corrected chi connectivity index (χ4v) is 6.62. The third-order valence-corrected chi connectivity index (χ3v) is 7.57. The largest absolute Gasteiger partial charge is 0.456 e. The Bertz CT molecular complexity index is 685. The number of esters is 2. The van der Waals surface area contributed by atoms with Crippen molar-refractivity contribution in [1.29, 1.82) is 0 Å². The van der Waals surface area contributed by atoms with Gasteiger partial charge in [0.1, 0.15) is 12.2 Å². The molecule has 0 saturated heterocycles. The summed E-state index contributed by atoms with van der Waals surface area (Å²) in [6, 6.07) is 0. The van der Waals surface area contributed by atoms with Crippen molar-refractivity contribution >= 4 is 11.9 Å². The molecule has 0 amide bonds. The average molecular weight is 392 g/mol. The highest BCUT2D eigenvalue weighted by Crippen LogP contribution is 2.75. The highest BCUT2D eigenvalue weighted by atomic mass is 16.6. The molecular weight excluding hydrogens is 360 g/mol. The summed E-state index contributed by atoms with van der Waals surface area (Å²) in [5, 5.41) is 20.4. The Morgan fingerprint density at radius 3 is 2.11 bits per heavy atom. The molecule has 3 fully saturated rings. The Hall–Kier alpha value is -1.66. The highest BCUT2D eigenvalue weighted by Gasteiger charge is 2.74. The van der Waals surface area contributed by atoms with E-state index >= 15 is 0 Å². The molecule has 2 bridgehead atoms. The first kappa shape index (κ1) is 21.1. The average Bonchev–Trinajstić information content (AvgIpc) is 3.34. The number of aliphatic hydroxyl groups excluding tert-OH is 2. The number of carbonyl (C=O) groups excluding carboxylic acids is 2. The normalized spacial score (nSPS) is 35.1. The second-order valence-electron chi connectivity index (χ2n) is 8.91. The van der Waals surface area contributed by atoms with E-state index in [1.807, 2.05) is 0 Å². The lowest BCUT2D eigenvalue weighted by Gasteiger charge is -2.53. The van der Waals surface area contributed by atoms with E-state index in [-0.39, 0.29) is 30.3 Å². The quantitative estimate of drug-likeness (QED) is 0.487. The van der Waals surface area contributed by atoms with Crippen LogP contribution in [0.25, 0.3) is 0 Å². The standard InChI is InChI=1S/C22H32O6/c1-13(2)19(25)27-17(11-23)21-9-7-15(10-21)16-6-5-8-22(16,21)18(12-24)28-20(26)14(3)4/h15-18,23-24H,1,3,5-12H2,2,4H3. The second-order valence-corrected chi connectivity index (χ2v) is 8.91. The van der Waals surface area contributed by atoms with Crippen molar-refractivity contribution in [2.75, 3.05) is 13.2 Å². The number of fused-ring (bicyclic) bond motifs is 5. The number of rotatable bonds is 8. The summed E-state index contributed by atoms with van der Waals surface area (Å²) in [6.45, 7) is 9.87. The van der Waals surface area contributed by atoms with E-state index in [2.05, 4.69) is 13.2 Å². The first-order valence-electron chi connectivity index (χ1n) is 10.2. The maximum atomic E-state index is 12.3. The lowest BCUT2D eigenvalue weighted by atomic mass is 9.54. The highest BCUT2D eigenvalue weighted by molar-refractivity contribution is 5.87. The Morgan fingerprint density at radius 1 is 1.00 bits per heavy atom. The number of hydrogen-bond acceptors (Lipinski definition) is 6. The third-order valence-electron chi connectivity index (χ3n) is 7.57. The summed E-state index contributed by atoms with van der Waals surface area (Å²) in [5.74, 6) is -0.323. The lowest BCUT2D eigenvalue weighted by Crippen LogP contribution is -2.58. The van der Waals surface area contributed by atoms with Crippen LogP contribution in [0.5, 0.6) is 0 Å². The van der Waals surface area contributed by atoms with Crippen LogP contribution in [-0.2, 0) is 19.1 Å². The zero-order valence-electron chi connectivity index (χ0n) is 16.9. The van der Waals surface area contributed by atoms with Crippen LogP contribution in [-0.4, -0.2) is 47.6 Å². The summed E-state index contributed by atoms with van der Waals surface area (Å²) < 4.78 is 11.5. The number of ether oxygens (including phenoxy) is 2. The van der Waals surface area contributed by atoms with Gasteiger partial charge in [0, 0.05) is 22.0 Å². The van der Waals surface area contributed by atoms with Crippen LogP contribution >= 0.6 is 0 Å². The topological polar surface area (TPSA) is 93.1 Å². The molecule has 2 N–H and O–H groups in total. The molecule has 0 aliphatic heterocycles. The fourth-order valence-electron chi connectivity index (χ4n) is 6.62. The molecule has 6 nitrogen and oxygen atoms in total. The molecule has 0 aromatic rings. The molecule has 6 atom stereocenters. The first-order valence-corrected chi connectivity index (χ1v) is 10.2. The van der Waals surface area contributed by atoms with Crippen LogP contribution in [0.2, 0.25) is 0 Å². The number of aliphatic hydroxyl groups is 2. The first-order chi connectivity index (χ1) is 13.2. The SMILES string of the molecule is C=C(C)C(=O)OC(CO)C12CCC(C1)C1CCCC12C(CO)OC(=O)C(=C)C. The van der Waals surface area contributed by atoms with Crippen LogP contribution in [0.3, 0.4) is 0 Å². The zero-order valence-corrected chi connectivity index (χ0v) is 16.9. The van der Waals surface area contributed by atoms with Gasteiger partial charge in [-0.05, 0) is 57.8 Å². The molecule has 0 aromatic carbocycles. The maximum absolute atomic E-state index is 12.3. The predicted octanol–water partition coefficient (Wildman–Crippen LogP) is 2.53. The van der Waals surface area contributed by atoms with Gasteiger partial charge in [-0.1, -0.05) is 19.6 Å².